The van der Waals surface area contributed by atoms with Crippen LogP contribution in [0.1, 0.15) is 37.3 Å². The van der Waals surface area contributed by atoms with E-state index in [1.165, 1.54) is 11.9 Å². The van der Waals surface area contributed by atoms with E-state index in [1.54, 1.807) is 11.3 Å². The summed E-state index contributed by atoms with van der Waals surface area (Å²) in [6.45, 7) is 8.61. The molecule has 1 aliphatic rings. The summed E-state index contributed by atoms with van der Waals surface area (Å²) in [6, 6.07) is 6.57. The Hall–Kier alpha value is -1.43. The molecule has 24 heavy (non-hydrogen) atoms. The van der Waals surface area contributed by atoms with Gasteiger partial charge in [-0.1, -0.05) is 23.7 Å². The van der Waals surface area contributed by atoms with Gasteiger partial charge >= 0.3 is 0 Å². The number of hydrogen-bond acceptors (Lipinski definition) is 4. The molecule has 128 valence electrons. The predicted molar refractivity (Wildman–Crippen MR) is 99.5 cm³/mol. The van der Waals surface area contributed by atoms with Crippen LogP contribution in [0.25, 0.3) is 10.4 Å². The van der Waals surface area contributed by atoms with Gasteiger partial charge in [-0.05, 0) is 31.0 Å². The van der Waals surface area contributed by atoms with E-state index >= 15 is 0 Å². The summed E-state index contributed by atoms with van der Waals surface area (Å²) in [5.74, 6) is 0.499. The molecule has 1 fully saturated rings. The van der Waals surface area contributed by atoms with Crippen LogP contribution >= 0.6 is 22.9 Å². The first-order chi connectivity index (χ1) is 11.4. The van der Waals surface area contributed by atoms with Crippen molar-refractivity contribution in [1.82, 2.24) is 15.2 Å². The first-order valence-electron chi connectivity index (χ1n) is 8.17. The summed E-state index contributed by atoms with van der Waals surface area (Å²) in [5.41, 5.74) is 2.00. The van der Waals surface area contributed by atoms with Crippen LogP contribution in [0.4, 0.5) is 0 Å². The second-order valence-electron chi connectivity index (χ2n) is 6.52. The minimum absolute atomic E-state index is 0.0572. The highest BCUT2D eigenvalue weighted by molar-refractivity contribution is 7.15. The highest BCUT2D eigenvalue weighted by Crippen LogP contribution is 2.36. The molecule has 1 N–H and O–H groups in total. The number of aromatic nitrogens is 1. The summed E-state index contributed by atoms with van der Waals surface area (Å²) in [4.78, 5) is 19.2. The Bertz CT molecular complexity index is 738. The number of halogens is 1. The summed E-state index contributed by atoms with van der Waals surface area (Å²) < 4.78 is 0. The van der Waals surface area contributed by atoms with Crippen LogP contribution in [0.2, 0.25) is 5.02 Å². The van der Waals surface area contributed by atoms with E-state index in [9.17, 15) is 4.79 Å². The predicted octanol–water partition coefficient (Wildman–Crippen LogP) is 3.91. The topological polar surface area (TPSA) is 45.2 Å². The molecule has 2 heterocycles. The van der Waals surface area contributed by atoms with Crippen LogP contribution in [0.15, 0.2) is 24.4 Å². The summed E-state index contributed by atoms with van der Waals surface area (Å²) in [5, 5.41) is 4.65. The van der Waals surface area contributed by atoms with Gasteiger partial charge < -0.3 is 5.32 Å². The van der Waals surface area contributed by atoms with E-state index in [0.717, 1.165) is 29.1 Å². The quantitative estimate of drug-likeness (QED) is 0.876. The maximum atomic E-state index is 11.0. The van der Waals surface area contributed by atoms with Crippen molar-refractivity contribution in [3.63, 3.8) is 0 Å². The molecule has 1 saturated heterocycles. The molecule has 1 aromatic heterocycles. The van der Waals surface area contributed by atoms with Gasteiger partial charge in [-0.3, -0.25) is 9.69 Å². The zero-order chi connectivity index (χ0) is 17.3. The molecule has 0 radical (unpaired) electrons. The molecule has 1 aromatic carbocycles. The van der Waals surface area contributed by atoms with Gasteiger partial charge in [0, 0.05) is 49.7 Å². The fraction of sp³-hybridized carbons (Fsp3) is 0.444. The molecule has 1 amide bonds. The van der Waals surface area contributed by atoms with Crippen molar-refractivity contribution in [3.05, 3.63) is 40.0 Å². The number of carbonyl (C=O) groups excluding carboxylic acids is 1. The van der Waals surface area contributed by atoms with Crippen molar-refractivity contribution < 1.29 is 4.79 Å². The van der Waals surface area contributed by atoms with E-state index in [4.69, 9.17) is 11.6 Å². The van der Waals surface area contributed by atoms with Crippen molar-refractivity contribution in [2.45, 2.75) is 39.3 Å². The van der Waals surface area contributed by atoms with Crippen LogP contribution in [0, 0.1) is 0 Å². The fourth-order valence-electron chi connectivity index (χ4n) is 2.76. The van der Waals surface area contributed by atoms with Crippen LogP contribution in [0.5, 0.6) is 0 Å². The number of rotatable bonds is 5. The molecule has 0 aliphatic carbocycles. The molecule has 0 atom stereocenters. The largest absolute Gasteiger partial charge is 0.352 e. The van der Waals surface area contributed by atoms with Gasteiger partial charge in [0.15, 0.2) is 0 Å². The SMILES string of the molecule is CC(=O)NCc1ccc(-c2cnc(C3CN(C(C)C)C3)s2)cc1Cl. The maximum absolute atomic E-state index is 11.0. The Morgan fingerprint density at radius 1 is 1.46 bits per heavy atom. The molecular formula is C18H22ClN3OS. The number of thiazole rings is 1. The van der Waals surface area contributed by atoms with Crippen molar-refractivity contribution in [2.75, 3.05) is 13.1 Å². The summed E-state index contributed by atoms with van der Waals surface area (Å²) in [7, 11) is 0. The highest BCUT2D eigenvalue weighted by atomic mass is 35.5. The Morgan fingerprint density at radius 3 is 2.83 bits per heavy atom. The number of benzene rings is 1. The van der Waals surface area contributed by atoms with E-state index in [2.05, 4.69) is 29.0 Å². The zero-order valence-corrected chi connectivity index (χ0v) is 15.7. The number of likely N-dealkylation sites (tertiary alicyclic amines) is 1. The third-order valence-corrected chi connectivity index (χ3v) is 5.94. The normalized spacial score (nSPS) is 15.5. The van der Waals surface area contributed by atoms with Gasteiger partial charge in [-0.15, -0.1) is 11.3 Å². The van der Waals surface area contributed by atoms with E-state index in [0.29, 0.717) is 23.5 Å². The molecule has 6 heteroatoms. The Labute approximate surface area is 151 Å². The lowest BCUT2D eigenvalue weighted by atomic mass is 9.99. The molecule has 0 saturated carbocycles. The van der Waals surface area contributed by atoms with Crippen molar-refractivity contribution in [1.29, 1.82) is 0 Å². The molecule has 2 aromatic rings. The first-order valence-corrected chi connectivity index (χ1v) is 9.36. The fourth-order valence-corrected chi connectivity index (χ4v) is 4.01. The summed E-state index contributed by atoms with van der Waals surface area (Å²) >= 11 is 8.10. The van der Waals surface area contributed by atoms with Crippen molar-refractivity contribution in [3.8, 4) is 10.4 Å². The average molecular weight is 364 g/mol. The lowest BCUT2D eigenvalue weighted by Gasteiger charge is -2.41. The monoisotopic (exact) mass is 363 g/mol. The number of carbonyl (C=O) groups is 1. The van der Waals surface area contributed by atoms with Gasteiger partial charge in [0.25, 0.3) is 0 Å². The second kappa shape index (κ2) is 7.21. The minimum Gasteiger partial charge on any atom is -0.352 e. The molecule has 3 rings (SSSR count). The van der Waals surface area contributed by atoms with Crippen LogP contribution < -0.4 is 5.32 Å². The molecule has 0 spiro atoms. The number of amides is 1. The second-order valence-corrected chi connectivity index (χ2v) is 7.99. The molecular weight excluding hydrogens is 342 g/mol. The minimum atomic E-state index is -0.0572. The van der Waals surface area contributed by atoms with Gasteiger partial charge in [-0.25, -0.2) is 4.98 Å². The summed E-state index contributed by atoms with van der Waals surface area (Å²) in [6.07, 6.45) is 1.94. The molecule has 4 nitrogen and oxygen atoms in total. The Balaban J connectivity index is 1.69. The van der Waals surface area contributed by atoms with Gasteiger partial charge in [0.1, 0.15) is 0 Å². The van der Waals surface area contributed by atoms with Crippen molar-refractivity contribution in [2.24, 2.45) is 0 Å². The lowest BCUT2D eigenvalue weighted by molar-refractivity contribution is -0.119. The van der Waals surface area contributed by atoms with Gasteiger partial charge in [-0.2, -0.15) is 0 Å². The van der Waals surface area contributed by atoms with Crippen molar-refractivity contribution >= 4 is 28.8 Å². The maximum Gasteiger partial charge on any atom is 0.217 e. The third kappa shape index (κ3) is 3.79. The van der Waals surface area contributed by atoms with Crippen LogP contribution in [-0.4, -0.2) is 34.9 Å². The smallest absolute Gasteiger partial charge is 0.217 e. The van der Waals surface area contributed by atoms with Crippen LogP contribution in [-0.2, 0) is 11.3 Å². The molecule has 0 unspecified atom stereocenters. The van der Waals surface area contributed by atoms with Gasteiger partial charge in [0.2, 0.25) is 5.91 Å². The average Bonchev–Trinajstić information content (AvgIpc) is 2.93. The van der Waals surface area contributed by atoms with Gasteiger partial charge in [0.05, 0.1) is 9.88 Å². The molecule has 1 aliphatic heterocycles. The number of nitrogens with one attached hydrogen (secondary N) is 1. The Kier molecular flexibility index (Phi) is 5.23. The number of nitrogens with zero attached hydrogens (tertiary/aromatic N) is 2. The van der Waals surface area contributed by atoms with E-state index in [1.807, 2.05) is 24.4 Å². The Morgan fingerprint density at radius 2 is 2.21 bits per heavy atom. The van der Waals surface area contributed by atoms with E-state index in [-0.39, 0.29) is 5.91 Å². The van der Waals surface area contributed by atoms with E-state index < -0.39 is 0 Å². The number of hydrogen-bond donors (Lipinski definition) is 1. The molecule has 0 bridgehead atoms. The third-order valence-electron chi connectivity index (χ3n) is 4.38. The van der Waals surface area contributed by atoms with Crippen LogP contribution in [0.3, 0.4) is 0 Å². The first kappa shape index (κ1) is 17.4. The standard InChI is InChI=1S/C18H22ClN3OS/c1-11(2)22-9-15(10-22)18-21-8-17(24-18)13-4-5-14(16(19)6-13)7-20-12(3)23/h4-6,8,11,15H,7,9-10H2,1-3H3,(H,20,23). The highest BCUT2D eigenvalue weighted by Gasteiger charge is 2.31. The lowest BCUT2D eigenvalue weighted by Crippen LogP contribution is -2.48. The zero-order valence-electron chi connectivity index (χ0n) is 14.2.